The van der Waals surface area contributed by atoms with Crippen molar-refractivity contribution in [1.29, 1.82) is 0 Å². The lowest BCUT2D eigenvalue weighted by Gasteiger charge is -2.21. The quantitative estimate of drug-likeness (QED) is 0.426. The zero-order valence-corrected chi connectivity index (χ0v) is 17.7. The summed E-state index contributed by atoms with van der Waals surface area (Å²) >= 11 is 0. The Morgan fingerprint density at radius 3 is 1.46 bits per heavy atom. The molecule has 3 rings (SSSR count). The van der Waals surface area contributed by atoms with Gasteiger partial charge in [-0.1, -0.05) is 30.3 Å². The highest BCUT2D eigenvalue weighted by Crippen LogP contribution is 2.50. The maximum Gasteiger partial charge on any atom is 0.647 e. The summed E-state index contributed by atoms with van der Waals surface area (Å²) in [5.74, 6) is 1.34. The molecule has 0 N–H and O–H groups in total. The van der Waals surface area contributed by atoms with Crippen molar-refractivity contribution in [3.05, 3.63) is 88.5 Å². The molecule has 0 bridgehead atoms. The smallest absolute Gasteiger partial charge is 0.386 e. The lowest BCUT2D eigenvalue weighted by molar-refractivity contribution is 0.297. The summed E-state index contributed by atoms with van der Waals surface area (Å²) in [6.45, 7) is 9.71. The van der Waals surface area contributed by atoms with Crippen LogP contribution in [0.3, 0.4) is 0 Å². The van der Waals surface area contributed by atoms with Crippen LogP contribution in [0.5, 0.6) is 17.2 Å². The third-order valence-electron chi connectivity index (χ3n) is 4.13. The Balaban J connectivity index is 1.99. The van der Waals surface area contributed by atoms with E-state index in [1.54, 1.807) is 6.07 Å². The first-order valence-corrected chi connectivity index (χ1v) is 10.6. The SMILES string of the molecule is Cc1cc(C)cc(OP(=O)(Oc2cc(C)cc(C)c2)Oc2ccccc2C)c1. The van der Waals surface area contributed by atoms with Crippen LogP contribution < -0.4 is 13.6 Å². The number of hydrogen-bond donors (Lipinski definition) is 0. The molecule has 0 amide bonds. The van der Waals surface area contributed by atoms with Gasteiger partial charge in [-0.2, -0.15) is 4.57 Å². The largest absolute Gasteiger partial charge is 0.647 e. The van der Waals surface area contributed by atoms with Crippen molar-refractivity contribution < 1.29 is 18.1 Å². The Morgan fingerprint density at radius 1 is 0.607 bits per heavy atom. The molecule has 0 radical (unpaired) electrons. The van der Waals surface area contributed by atoms with Crippen molar-refractivity contribution in [2.24, 2.45) is 0 Å². The molecule has 0 atom stereocenters. The first-order chi connectivity index (χ1) is 13.2. The fourth-order valence-corrected chi connectivity index (χ4v) is 4.35. The van der Waals surface area contributed by atoms with Crippen LogP contribution >= 0.6 is 7.82 Å². The molecule has 0 saturated carbocycles. The molecule has 0 heterocycles. The molecular formula is C23H25O4P. The van der Waals surface area contributed by atoms with Crippen molar-refractivity contribution in [1.82, 2.24) is 0 Å². The van der Waals surface area contributed by atoms with Gasteiger partial charge < -0.3 is 13.6 Å². The minimum atomic E-state index is -3.99. The van der Waals surface area contributed by atoms with Crippen molar-refractivity contribution in [3.63, 3.8) is 0 Å². The molecule has 3 aromatic carbocycles. The standard InChI is InChI=1S/C23H25O4P/c1-16-10-17(2)13-21(12-16)25-28(24,27-23-9-7-6-8-20(23)5)26-22-14-18(3)11-19(4)15-22/h6-15H,1-5H3. The molecular weight excluding hydrogens is 371 g/mol. The Bertz CT molecular complexity index is 945. The predicted molar refractivity (Wildman–Crippen MR) is 113 cm³/mol. The Kier molecular flexibility index (Phi) is 5.81. The summed E-state index contributed by atoms with van der Waals surface area (Å²) in [6, 6.07) is 18.6. The van der Waals surface area contributed by atoms with E-state index >= 15 is 0 Å². The van der Waals surface area contributed by atoms with Gasteiger partial charge in [-0.25, -0.2) is 0 Å². The molecule has 0 fully saturated rings. The van der Waals surface area contributed by atoms with Crippen LogP contribution in [0.25, 0.3) is 0 Å². The van der Waals surface area contributed by atoms with Gasteiger partial charge >= 0.3 is 7.82 Å². The highest BCUT2D eigenvalue weighted by atomic mass is 31.2. The van der Waals surface area contributed by atoms with Gasteiger partial charge in [-0.05, 0) is 92.8 Å². The number of rotatable bonds is 6. The fourth-order valence-electron chi connectivity index (χ4n) is 3.06. The predicted octanol–water partition coefficient (Wildman–Crippen LogP) is 6.87. The first-order valence-electron chi connectivity index (χ1n) is 9.13. The lowest BCUT2D eigenvalue weighted by atomic mass is 10.1. The van der Waals surface area contributed by atoms with Crippen LogP contribution in [0.4, 0.5) is 0 Å². The summed E-state index contributed by atoms with van der Waals surface area (Å²) in [5.41, 5.74) is 4.86. The first kappa shape index (κ1) is 20.0. The van der Waals surface area contributed by atoms with E-state index in [1.165, 1.54) is 0 Å². The van der Waals surface area contributed by atoms with Gasteiger partial charge in [0.05, 0.1) is 0 Å². The van der Waals surface area contributed by atoms with E-state index in [1.807, 2.05) is 89.2 Å². The Morgan fingerprint density at radius 2 is 1.04 bits per heavy atom. The second kappa shape index (κ2) is 8.12. The highest BCUT2D eigenvalue weighted by Gasteiger charge is 2.34. The minimum absolute atomic E-state index is 0.443. The van der Waals surface area contributed by atoms with E-state index < -0.39 is 7.82 Å². The molecule has 0 aliphatic carbocycles. The Labute approximate surface area is 166 Å². The topological polar surface area (TPSA) is 44.8 Å². The van der Waals surface area contributed by atoms with E-state index in [-0.39, 0.29) is 0 Å². The summed E-state index contributed by atoms with van der Waals surface area (Å²) in [5, 5.41) is 0. The molecule has 146 valence electrons. The second-order valence-electron chi connectivity index (χ2n) is 7.13. The van der Waals surface area contributed by atoms with Crippen LogP contribution in [-0.2, 0) is 4.57 Å². The molecule has 0 spiro atoms. The molecule has 4 nitrogen and oxygen atoms in total. The third kappa shape index (κ3) is 5.17. The van der Waals surface area contributed by atoms with E-state index in [0.717, 1.165) is 27.8 Å². The molecule has 0 saturated heterocycles. The maximum atomic E-state index is 13.7. The molecule has 5 heteroatoms. The van der Waals surface area contributed by atoms with Crippen molar-refractivity contribution >= 4 is 7.82 Å². The van der Waals surface area contributed by atoms with Crippen LogP contribution in [0.15, 0.2) is 60.7 Å². The number of phosphoric ester groups is 1. The van der Waals surface area contributed by atoms with Crippen LogP contribution in [-0.4, -0.2) is 0 Å². The monoisotopic (exact) mass is 396 g/mol. The Hall–Kier alpha value is -2.71. The zero-order valence-electron chi connectivity index (χ0n) is 16.9. The van der Waals surface area contributed by atoms with E-state index in [4.69, 9.17) is 13.6 Å². The number of aryl methyl sites for hydroxylation is 5. The van der Waals surface area contributed by atoms with Gasteiger partial charge in [0.25, 0.3) is 0 Å². The number of benzene rings is 3. The van der Waals surface area contributed by atoms with Crippen molar-refractivity contribution in [2.75, 3.05) is 0 Å². The fraction of sp³-hybridized carbons (Fsp3) is 0.217. The van der Waals surface area contributed by atoms with Gasteiger partial charge in [0.2, 0.25) is 0 Å². The zero-order chi connectivity index (χ0) is 20.3. The molecule has 0 aromatic heterocycles. The number of phosphoric acid groups is 1. The average molecular weight is 396 g/mol. The molecule has 0 unspecified atom stereocenters. The van der Waals surface area contributed by atoms with Gasteiger partial charge in [-0.3, -0.25) is 0 Å². The molecule has 3 aromatic rings. The lowest BCUT2D eigenvalue weighted by Crippen LogP contribution is -2.08. The highest BCUT2D eigenvalue weighted by molar-refractivity contribution is 7.49. The molecule has 0 aliphatic heterocycles. The summed E-state index contributed by atoms with van der Waals surface area (Å²) < 4.78 is 31.1. The molecule has 28 heavy (non-hydrogen) atoms. The van der Waals surface area contributed by atoms with Crippen LogP contribution in [0, 0.1) is 34.6 Å². The van der Waals surface area contributed by atoms with Gasteiger partial charge in [0.1, 0.15) is 17.2 Å². The summed E-state index contributed by atoms with van der Waals surface area (Å²) in [7, 11) is -3.99. The normalized spacial score (nSPS) is 11.2. The second-order valence-corrected chi connectivity index (χ2v) is 8.58. The van der Waals surface area contributed by atoms with E-state index in [2.05, 4.69) is 0 Å². The number of hydrogen-bond acceptors (Lipinski definition) is 4. The van der Waals surface area contributed by atoms with Gasteiger partial charge in [0, 0.05) is 0 Å². The maximum absolute atomic E-state index is 13.7. The molecule has 0 aliphatic rings. The minimum Gasteiger partial charge on any atom is -0.386 e. The summed E-state index contributed by atoms with van der Waals surface area (Å²) in [6.07, 6.45) is 0. The van der Waals surface area contributed by atoms with E-state index in [9.17, 15) is 4.57 Å². The van der Waals surface area contributed by atoms with Crippen molar-refractivity contribution in [2.45, 2.75) is 34.6 Å². The van der Waals surface area contributed by atoms with Crippen LogP contribution in [0.1, 0.15) is 27.8 Å². The van der Waals surface area contributed by atoms with Gasteiger partial charge in [0.15, 0.2) is 0 Å². The third-order valence-corrected chi connectivity index (χ3v) is 5.42. The van der Waals surface area contributed by atoms with Crippen LogP contribution in [0.2, 0.25) is 0 Å². The van der Waals surface area contributed by atoms with Gasteiger partial charge in [-0.15, -0.1) is 0 Å². The number of para-hydroxylation sites is 1. The average Bonchev–Trinajstić information content (AvgIpc) is 2.54. The van der Waals surface area contributed by atoms with E-state index in [0.29, 0.717) is 17.2 Å². The summed E-state index contributed by atoms with van der Waals surface area (Å²) in [4.78, 5) is 0. The van der Waals surface area contributed by atoms with Crippen molar-refractivity contribution in [3.8, 4) is 17.2 Å².